The molecule has 1 saturated carbocycles. The molecule has 0 unspecified atom stereocenters. The summed E-state index contributed by atoms with van der Waals surface area (Å²) < 4.78 is 39.5. The van der Waals surface area contributed by atoms with Gasteiger partial charge in [-0.15, -0.1) is 0 Å². The number of benzene rings is 1. The molecule has 1 aliphatic rings. The Morgan fingerprint density at radius 3 is 2.59 bits per heavy atom. The lowest BCUT2D eigenvalue weighted by molar-refractivity contribution is -0.137. The second kappa shape index (κ2) is 7.36. The first kappa shape index (κ1) is 17.1. The molecule has 1 aromatic carbocycles. The van der Waals surface area contributed by atoms with E-state index in [1.54, 1.807) is 0 Å². The zero-order valence-electron chi connectivity index (χ0n) is 12.4. The van der Waals surface area contributed by atoms with Crippen molar-refractivity contribution in [3.8, 4) is 0 Å². The molecule has 6 heteroatoms. The molecule has 0 amide bonds. The van der Waals surface area contributed by atoms with Crippen LogP contribution in [0.25, 0.3) is 0 Å². The summed E-state index contributed by atoms with van der Waals surface area (Å²) in [7, 11) is 0. The number of rotatable bonds is 5. The van der Waals surface area contributed by atoms with Crippen LogP contribution in [-0.2, 0) is 11.0 Å². The molecule has 22 heavy (non-hydrogen) atoms. The summed E-state index contributed by atoms with van der Waals surface area (Å²) in [5, 5.41) is 4.30. The van der Waals surface area contributed by atoms with Crippen LogP contribution in [0.4, 0.5) is 13.2 Å². The van der Waals surface area contributed by atoms with E-state index in [0.29, 0.717) is 18.6 Å². The third kappa shape index (κ3) is 4.38. The summed E-state index contributed by atoms with van der Waals surface area (Å²) >= 11 is 5.88. The minimum Gasteiger partial charge on any atom is -0.392 e. The summed E-state index contributed by atoms with van der Waals surface area (Å²) in [6, 6.07) is 3.56. The highest BCUT2D eigenvalue weighted by Gasteiger charge is 2.34. The van der Waals surface area contributed by atoms with Crippen LogP contribution in [0.5, 0.6) is 0 Å². The highest BCUT2D eigenvalue weighted by Crippen LogP contribution is 2.34. The van der Waals surface area contributed by atoms with Gasteiger partial charge in [0.2, 0.25) is 0 Å². The first-order chi connectivity index (χ1) is 10.4. The summed E-state index contributed by atoms with van der Waals surface area (Å²) in [6.07, 6.45) is 0.632. The molecule has 2 nitrogen and oxygen atoms in total. The van der Waals surface area contributed by atoms with Gasteiger partial charge in [0.25, 0.3) is 0 Å². The lowest BCUT2D eigenvalue weighted by Gasteiger charge is -2.15. The van der Waals surface area contributed by atoms with Gasteiger partial charge in [0.05, 0.1) is 11.3 Å². The molecule has 1 aromatic rings. The Bertz CT molecular complexity index is 537. The number of nitrogens with zero attached hydrogens (tertiary/aromatic N) is 1. The fourth-order valence-corrected chi connectivity index (χ4v) is 2.77. The summed E-state index contributed by atoms with van der Waals surface area (Å²) in [5.41, 5.74) is -0.400. The Labute approximate surface area is 133 Å². The van der Waals surface area contributed by atoms with Crippen molar-refractivity contribution in [1.82, 2.24) is 0 Å². The van der Waals surface area contributed by atoms with Gasteiger partial charge in [0, 0.05) is 10.6 Å². The van der Waals surface area contributed by atoms with Gasteiger partial charge in [0.15, 0.2) is 0 Å². The average Bonchev–Trinajstić information content (AvgIpc) is 2.95. The molecular weight excluding hydrogens is 315 g/mol. The molecule has 0 heterocycles. The molecule has 0 bridgehead atoms. The van der Waals surface area contributed by atoms with Crippen molar-refractivity contribution >= 4 is 17.3 Å². The van der Waals surface area contributed by atoms with Crippen LogP contribution < -0.4 is 0 Å². The van der Waals surface area contributed by atoms with Crippen molar-refractivity contribution in [3.63, 3.8) is 0 Å². The molecular formula is C16H19ClF3NO. The number of alkyl halides is 3. The molecule has 122 valence electrons. The quantitative estimate of drug-likeness (QED) is 0.491. The van der Waals surface area contributed by atoms with Gasteiger partial charge in [-0.3, -0.25) is 0 Å². The van der Waals surface area contributed by atoms with Crippen LogP contribution in [0.1, 0.15) is 56.6 Å². The van der Waals surface area contributed by atoms with Crippen molar-refractivity contribution < 1.29 is 18.0 Å². The maximum Gasteiger partial charge on any atom is 0.417 e. The highest BCUT2D eigenvalue weighted by atomic mass is 35.5. The van der Waals surface area contributed by atoms with E-state index in [2.05, 4.69) is 5.16 Å². The predicted octanol–water partition coefficient (Wildman–Crippen LogP) is 5.82. The van der Waals surface area contributed by atoms with E-state index in [0.717, 1.165) is 31.7 Å². The van der Waals surface area contributed by atoms with Crippen LogP contribution in [0, 0.1) is 0 Å². The van der Waals surface area contributed by atoms with Gasteiger partial charge >= 0.3 is 6.18 Å². The monoisotopic (exact) mass is 333 g/mol. The maximum absolute atomic E-state index is 13.2. The van der Waals surface area contributed by atoms with E-state index < -0.39 is 11.7 Å². The summed E-state index contributed by atoms with van der Waals surface area (Å²) in [5.74, 6) is 0. The topological polar surface area (TPSA) is 21.6 Å². The van der Waals surface area contributed by atoms with Crippen LogP contribution in [0.2, 0.25) is 5.02 Å². The van der Waals surface area contributed by atoms with E-state index in [-0.39, 0.29) is 16.7 Å². The zero-order valence-corrected chi connectivity index (χ0v) is 13.2. The second-order valence-corrected chi connectivity index (χ2v) is 5.92. The van der Waals surface area contributed by atoms with Crippen LogP contribution in [0.15, 0.2) is 23.4 Å². The molecule has 0 spiro atoms. The van der Waals surface area contributed by atoms with Gasteiger partial charge in [-0.2, -0.15) is 13.2 Å². The Morgan fingerprint density at radius 1 is 1.32 bits per heavy atom. The number of hydrogen-bond donors (Lipinski definition) is 0. The van der Waals surface area contributed by atoms with Gasteiger partial charge in [0.1, 0.15) is 6.10 Å². The SMILES string of the molecule is CCC/C(=N\OC1CCCC1)c1cc(Cl)ccc1C(F)(F)F. The highest BCUT2D eigenvalue weighted by molar-refractivity contribution is 6.31. The molecule has 0 aliphatic heterocycles. The van der Waals surface area contributed by atoms with E-state index in [1.807, 2.05) is 6.92 Å². The summed E-state index contributed by atoms with van der Waals surface area (Å²) in [6.45, 7) is 1.89. The fraction of sp³-hybridized carbons (Fsp3) is 0.562. The van der Waals surface area contributed by atoms with Gasteiger partial charge in [-0.05, 0) is 50.3 Å². The van der Waals surface area contributed by atoms with E-state index in [9.17, 15) is 13.2 Å². The minimum atomic E-state index is -4.44. The fourth-order valence-electron chi connectivity index (χ4n) is 2.60. The van der Waals surface area contributed by atoms with Gasteiger partial charge in [-0.25, -0.2) is 0 Å². The number of oxime groups is 1. The first-order valence-corrected chi connectivity index (χ1v) is 7.89. The Morgan fingerprint density at radius 2 is 2.00 bits per heavy atom. The predicted molar refractivity (Wildman–Crippen MR) is 81.2 cm³/mol. The van der Waals surface area contributed by atoms with Crippen molar-refractivity contribution in [3.05, 3.63) is 34.3 Å². The molecule has 0 aromatic heterocycles. The van der Waals surface area contributed by atoms with E-state index in [1.165, 1.54) is 12.1 Å². The lowest BCUT2D eigenvalue weighted by atomic mass is 9.99. The van der Waals surface area contributed by atoms with Crippen LogP contribution in [-0.4, -0.2) is 11.8 Å². The molecule has 0 radical (unpaired) electrons. The Hall–Kier alpha value is -1.23. The normalized spacial score (nSPS) is 17.0. The van der Waals surface area contributed by atoms with Gasteiger partial charge < -0.3 is 4.84 Å². The van der Waals surface area contributed by atoms with Crippen molar-refractivity contribution in [2.45, 2.75) is 57.7 Å². The molecule has 0 N–H and O–H groups in total. The second-order valence-electron chi connectivity index (χ2n) is 5.49. The minimum absolute atomic E-state index is 0.0137. The molecule has 0 saturated heterocycles. The number of hydrogen-bond acceptors (Lipinski definition) is 2. The smallest absolute Gasteiger partial charge is 0.392 e. The molecule has 2 rings (SSSR count). The zero-order chi connectivity index (χ0) is 16.2. The standard InChI is InChI=1S/C16H19ClF3NO/c1-2-5-15(21-22-12-6-3-4-7-12)13-10-11(17)8-9-14(13)16(18,19)20/h8-10,12H,2-7H2,1H3/b21-15+. The Balaban J connectivity index is 2.34. The maximum atomic E-state index is 13.2. The van der Waals surface area contributed by atoms with Crippen molar-refractivity contribution in [2.75, 3.05) is 0 Å². The van der Waals surface area contributed by atoms with Crippen LogP contribution in [0.3, 0.4) is 0 Å². The molecule has 0 atom stereocenters. The van der Waals surface area contributed by atoms with Gasteiger partial charge in [-0.1, -0.05) is 30.1 Å². The van der Waals surface area contributed by atoms with E-state index >= 15 is 0 Å². The van der Waals surface area contributed by atoms with E-state index in [4.69, 9.17) is 16.4 Å². The average molecular weight is 334 g/mol. The summed E-state index contributed by atoms with van der Waals surface area (Å²) in [4.78, 5) is 5.46. The number of halogens is 4. The van der Waals surface area contributed by atoms with Crippen molar-refractivity contribution in [2.24, 2.45) is 5.16 Å². The molecule has 1 aliphatic carbocycles. The molecule has 1 fully saturated rings. The third-order valence-electron chi connectivity index (χ3n) is 3.70. The first-order valence-electron chi connectivity index (χ1n) is 7.51. The third-order valence-corrected chi connectivity index (χ3v) is 3.93. The van der Waals surface area contributed by atoms with Crippen molar-refractivity contribution in [1.29, 1.82) is 0 Å². The largest absolute Gasteiger partial charge is 0.417 e. The lowest BCUT2D eigenvalue weighted by Crippen LogP contribution is -2.15. The van der Waals surface area contributed by atoms with Crippen LogP contribution >= 0.6 is 11.6 Å². The Kier molecular flexibility index (Phi) is 5.73.